The molecule has 1 aromatic carbocycles. The van der Waals surface area contributed by atoms with Gasteiger partial charge < -0.3 is 9.67 Å². The van der Waals surface area contributed by atoms with Crippen LogP contribution in [-0.4, -0.2) is 27.8 Å². The largest absolute Gasteiger partial charge is 0.478 e. The van der Waals surface area contributed by atoms with Gasteiger partial charge in [-0.05, 0) is 44.2 Å². The smallest absolute Gasteiger partial charge is 0.335 e. The number of hydrogen-bond acceptors (Lipinski definition) is 4. The van der Waals surface area contributed by atoms with E-state index in [1.807, 2.05) is 24.5 Å². The number of rotatable bonds is 5. The summed E-state index contributed by atoms with van der Waals surface area (Å²) >= 11 is 0. The van der Waals surface area contributed by atoms with Crippen molar-refractivity contribution < 1.29 is 14.7 Å². The lowest BCUT2D eigenvalue weighted by molar-refractivity contribution is -0.120. The van der Waals surface area contributed by atoms with E-state index in [1.54, 1.807) is 30.3 Å². The van der Waals surface area contributed by atoms with Crippen LogP contribution in [-0.2, 0) is 4.79 Å². The van der Waals surface area contributed by atoms with Crippen molar-refractivity contribution in [2.45, 2.75) is 20.3 Å². The van der Waals surface area contributed by atoms with Crippen LogP contribution in [0, 0.1) is 25.2 Å². The number of carboxylic acid groups (broad SMARTS) is 1. The zero-order valence-corrected chi connectivity index (χ0v) is 13.3. The SMILES string of the molecule is Cc1cc(/C=N\NC(=O)CC#N)c(C)n1-c1ccc(C(=O)O)cc1. The highest BCUT2D eigenvalue weighted by molar-refractivity contribution is 5.88. The molecule has 0 aliphatic carbocycles. The first-order valence-corrected chi connectivity index (χ1v) is 7.15. The fourth-order valence-corrected chi connectivity index (χ4v) is 2.35. The van der Waals surface area contributed by atoms with Gasteiger partial charge in [-0.2, -0.15) is 10.4 Å². The average molecular weight is 324 g/mol. The fourth-order valence-electron chi connectivity index (χ4n) is 2.35. The number of aryl methyl sites for hydroxylation is 1. The quantitative estimate of drug-likeness (QED) is 0.649. The standard InChI is InChI=1S/C17H16N4O3/c1-11-9-14(10-19-20-16(22)7-8-18)12(2)21(11)15-5-3-13(4-6-15)17(23)24/h3-6,9-10H,7H2,1-2H3,(H,20,22)(H,23,24)/b19-10-. The second-order valence-electron chi connectivity index (χ2n) is 5.14. The molecule has 0 aliphatic rings. The number of hydrazone groups is 1. The zero-order valence-electron chi connectivity index (χ0n) is 13.3. The van der Waals surface area contributed by atoms with Crippen LogP contribution in [0.1, 0.15) is 33.7 Å². The van der Waals surface area contributed by atoms with E-state index in [2.05, 4.69) is 10.5 Å². The topological polar surface area (TPSA) is 107 Å². The molecule has 0 bridgehead atoms. The molecule has 0 fully saturated rings. The Kier molecular flexibility index (Phi) is 5.12. The maximum absolute atomic E-state index is 11.2. The second kappa shape index (κ2) is 7.24. The molecule has 0 saturated heterocycles. The molecular formula is C17H16N4O3. The van der Waals surface area contributed by atoms with E-state index in [4.69, 9.17) is 10.4 Å². The van der Waals surface area contributed by atoms with Gasteiger partial charge in [0.1, 0.15) is 6.42 Å². The van der Waals surface area contributed by atoms with Crippen molar-refractivity contribution in [3.05, 3.63) is 52.8 Å². The highest BCUT2D eigenvalue weighted by Gasteiger charge is 2.10. The molecule has 0 aliphatic heterocycles. The molecule has 2 N–H and O–H groups in total. The molecule has 0 atom stereocenters. The summed E-state index contributed by atoms with van der Waals surface area (Å²) in [7, 11) is 0. The van der Waals surface area contributed by atoms with E-state index in [0.717, 1.165) is 22.6 Å². The van der Waals surface area contributed by atoms with Crippen molar-refractivity contribution in [2.75, 3.05) is 0 Å². The van der Waals surface area contributed by atoms with Crippen molar-refractivity contribution in [2.24, 2.45) is 5.10 Å². The van der Waals surface area contributed by atoms with E-state index >= 15 is 0 Å². The minimum Gasteiger partial charge on any atom is -0.478 e. The monoisotopic (exact) mass is 324 g/mol. The molecule has 122 valence electrons. The average Bonchev–Trinajstić information content (AvgIpc) is 2.82. The molecule has 0 saturated carbocycles. The van der Waals surface area contributed by atoms with Crippen LogP contribution in [0.15, 0.2) is 35.4 Å². The van der Waals surface area contributed by atoms with Crippen molar-refractivity contribution in [1.29, 1.82) is 5.26 Å². The number of carboxylic acids is 1. The third kappa shape index (κ3) is 3.67. The number of benzene rings is 1. The Morgan fingerprint density at radius 1 is 1.33 bits per heavy atom. The molecule has 0 unspecified atom stereocenters. The molecular weight excluding hydrogens is 308 g/mol. The summed E-state index contributed by atoms with van der Waals surface area (Å²) in [4.78, 5) is 22.1. The van der Waals surface area contributed by atoms with Crippen molar-refractivity contribution in [3.63, 3.8) is 0 Å². The Morgan fingerprint density at radius 3 is 2.58 bits per heavy atom. The summed E-state index contributed by atoms with van der Waals surface area (Å²) in [6, 6.07) is 10.2. The van der Waals surface area contributed by atoms with Gasteiger partial charge in [0.15, 0.2) is 0 Å². The van der Waals surface area contributed by atoms with Crippen LogP contribution in [0.2, 0.25) is 0 Å². The Balaban J connectivity index is 2.26. The summed E-state index contributed by atoms with van der Waals surface area (Å²) in [5.41, 5.74) is 6.00. The fraction of sp³-hybridized carbons (Fsp3) is 0.176. The molecule has 1 amide bonds. The van der Waals surface area contributed by atoms with Crippen LogP contribution in [0.5, 0.6) is 0 Å². The predicted octanol–water partition coefficient (Wildman–Crippen LogP) is 2.16. The maximum Gasteiger partial charge on any atom is 0.335 e. The van der Waals surface area contributed by atoms with Crippen molar-refractivity contribution in [1.82, 2.24) is 9.99 Å². The number of aromatic nitrogens is 1. The first-order chi connectivity index (χ1) is 11.4. The minimum atomic E-state index is -0.969. The van der Waals surface area contributed by atoms with Gasteiger partial charge in [0, 0.05) is 22.6 Å². The third-order valence-corrected chi connectivity index (χ3v) is 3.48. The van der Waals surface area contributed by atoms with Gasteiger partial charge in [-0.1, -0.05) is 0 Å². The summed E-state index contributed by atoms with van der Waals surface area (Å²) in [6.07, 6.45) is 1.27. The lowest BCUT2D eigenvalue weighted by Crippen LogP contribution is -2.16. The van der Waals surface area contributed by atoms with Gasteiger partial charge in [0.05, 0.1) is 17.8 Å². The molecule has 0 radical (unpaired) electrons. The predicted molar refractivity (Wildman–Crippen MR) is 88.2 cm³/mol. The maximum atomic E-state index is 11.2. The normalized spacial score (nSPS) is 10.5. The number of hydrogen-bond donors (Lipinski definition) is 2. The summed E-state index contributed by atoms with van der Waals surface area (Å²) < 4.78 is 1.96. The molecule has 2 aromatic rings. The van der Waals surface area contributed by atoms with Crippen LogP contribution in [0.25, 0.3) is 5.69 Å². The molecule has 7 heteroatoms. The number of nitriles is 1. The zero-order chi connectivity index (χ0) is 17.7. The van der Waals surface area contributed by atoms with Gasteiger partial charge in [-0.15, -0.1) is 0 Å². The van der Waals surface area contributed by atoms with E-state index in [0.29, 0.717) is 0 Å². The van der Waals surface area contributed by atoms with Crippen molar-refractivity contribution in [3.8, 4) is 11.8 Å². The van der Waals surface area contributed by atoms with Crippen LogP contribution >= 0.6 is 0 Å². The first-order valence-electron chi connectivity index (χ1n) is 7.15. The Morgan fingerprint density at radius 2 is 2.00 bits per heavy atom. The summed E-state index contributed by atoms with van der Waals surface area (Å²) in [5.74, 6) is -1.43. The number of nitrogens with zero attached hydrogens (tertiary/aromatic N) is 3. The van der Waals surface area contributed by atoms with Gasteiger partial charge in [0.25, 0.3) is 5.91 Å². The number of carbonyl (C=O) groups is 2. The first kappa shape index (κ1) is 17.0. The highest BCUT2D eigenvalue weighted by atomic mass is 16.4. The molecule has 2 rings (SSSR count). The Labute approximate surface area is 138 Å². The second-order valence-corrected chi connectivity index (χ2v) is 5.14. The Bertz CT molecular complexity index is 842. The van der Waals surface area contributed by atoms with E-state index < -0.39 is 11.9 Å². The van der Waals surface area contributed by atoms with Gasteiger partial charge in [0.2, 0.25) is 0 Å². The molecule has 24 heavy (non-hydrogen) atoms. The highest BCUT2D eigenvalue weighted by Crippen LogP contribution is 2.20. The summed E-state index contributed by atoms with van der Waals surface area (Å²) in [5, 5.41) is 21.2. The third-order valence-electron chi connectivity index (χ3n) is 3.48. The van der Waals surface area contributed by atoms with Crippen molar-refractivity contribution >= 4 is 18.1 Å². The Hall–Kier alpha value is -3.40. The molecule has 0 spiro atoms. The minimum absolute atomic E-state index is 0.225. The molecule has 1 aromatic heterocycles. The number of nitrogens with one attached hydrogen (secondary N) is 1. The number of amides is 1. The van der Waals surface area contributed by atoms with Crippen LogP contribution in [0.4, 0.5) is 0 Å². The lowest BCUT2D eigenvalue weighted by Gasteiger charge is -2.09. The molecule has 7 nitrogen and oxygen atoms in total. The van der Waals surface area contributed by atoms with Gasteiger partial charge in [-0.3, -0.25) is 4.79 Å². The van der Waals surface area contributed by atoms with Crippen LogP contribution in [0.3, 0.4) is 0 Å². The van der Waals surface area contributed by atoms with Gasteiger partial charge >= 0.3 is 5.97 Å². The summed E-state index contributed by atoms with van der Waals surface area (Å²) in [6.45, 7) is 3.82. The van der Waals surface area contributed by atoms with Gasteiger partial charge in [-0.25, -0.2) is 10.2 Å². The van der Waals surface area contributed by atoms with E-state index in [1.165, 1.54) is 6.21 Å². The van der Waals surface area contributed by atoms with Crippen LogP contribution < -0.4 is 5.43 Å². The lowest BCUT2D eigenvalue weighted by atomic mass is 10.2. The number of carbonyl (C=O) groups excluding carboxylic acids is 1. The van der Waals surface area contributed by atoms with E-state index in [9.17, 15) is 9.59 Å². The van der Waals surface area contributed by atoms with E-state index in [-0.39, 0.29) is 12.0 Å². The number of aromatic carboxylic acids is 1. The molecule has 1 heterocycles.